The van der Waals surface area contributed by atoms with Crippen LogP contribution in [0.15, 0.2) is 27.4 Å². The molecule has 0 aliphatic heterocycles. The second kappa shape index (κ2) is 5.87. The lowest BCUT2D eigenvalue weighted by atomic mass is 10.1. The Morgan fingerprint density at radius 1 is 1.33 bits per heavy atom. The molecule has 0 saturated carbocycles. The molecular weight excluding hydrogens is 228 g/mol. The highest BCUT2D eigenvalue weighted by Gasteiger charge is 2.02. The first kappa shape index (κ1) is 12.9. The maximum Gasteiger partial charge on any atom is 0.417 e. The monoisotopic (exact) mass is 248 g/mol. The molecule has 0 radical (unpaired) electrons. The number of oxazole rings is 1. The van der Waals surface area contributed by atoms with Crippen LogP contribution in [0.2, 0.25) is 0 Å². The van der Waals surface area contributed by atoms with Crippen molar-refractivity contribution in [1.82, 2.24) is 10.3 Å². The number of unbranched alkanes of at least 4 members (excludes halogenated alkanes) is 1. The van der Waals surface area contributed by atoms with Gasteiger partial charge in [0.25, 0.3) is 0 Å². The molecule has 1 aromatic heterocycles. The molecule has 0 unspecified atom stereocenters. The summed E-state index contributed by atoms with van der Waals surface area (Å²) in [6, 6.07) is 6.45. The Labute approximate surface area is 106 Å². The van der Waals surface area contributed by atoms with Gasteiger partial charge in [-0.1, -0.05) is 19.9 Å². The molecule has 2 rings (SSSR count). The van der Waals surface area contributed by atoms with Crippen molar-refractivity contribution in [3.63, 3.8) is 0 Å². The predicted molar refractivity (Wildman–Crippen MR) is 72.9 cm³/mol. The lowest BCUT2D eigenvalue weighted by Crippen LogP contribution is -2.23. The second-order valence-electron chi connectivity index (χ2n) is 4.91. The Kier molecular flexibility index (Phi) is 4.20. The van der Waals surface area contributed by atoms with Gasteiger partial charge in [0.1, 0.15) is 0 Å². The summed E-state index contributed by atoms with van der Waals surface area (Å²) in [5, 5.41) is 3.40. The molecular formula is C14H20N2O2. The zero-order chi connectivity index (χ0) is 13.0. The van der Waals surface area contributed by atoms with Gasteiger partial charge in [-0.3, -0.25) is 4.98 Å². The molecule has 4 heteroatoms. The molecule has 0 spiro atoms. The maximum atomic E-state index is 11.0. The molecule has 0 bridgehead atoms. The van der Waals surface area contributed by atoms with E-state index in [0.29, 0.717) is 11.6 Å². The first-order chi connectivity index (χ1) is 8.65. The van der Waals surface area contributed by atoms with Crippen LogP contribution in [0.5, 0.6) is 0 Å². The van der Waals surface area contributed by atoms with E-state index in [-0.39, 0.29) is 5.76 Å². The molecule has 1 aromatic carbocycles. The van der Waals surface area contributed by atoms with E-state index >= 15 is 0 Å². The molecule has 2 N–H and O–H groups in total. The third-order valence-corrected chi connectivity index (χ3v) is 2.93. The Balaban J connectivity index is 1.86. The summed E-state index contributed by atoms with van der Waals surface area (Å²) >= 11 is 0. The van der Waals surface area contributed by atoms with Crippen molar-refractivity contribution in [2.24, 2.45) is 0 Å². The van der Waals surface area contributed by atoms with Gasteiger partial charge in [0.05, 0.1) is 5.52 Å². The summed E-state index contributed by atoms with van der Waals surface area (Å²) in [6.07, 6.45) is 3.32. The maximum absolute atomic E-state index is 11.0. The molecule has 0 aliphatic rings. The Hall–Kier alpha value is -1.55. The Morgan fingerprint density at radius 2 is 2.17 bits per heavy atom. The lowest BCUT2D eigenvalue weighted by Gasteiger charge is -2.07. The number of nitrogens with one attached hydrogen (secondary N) is 2. The summed E-state index contributed by atoms with van der Waals surface area (Å²) in [5.41, 5.74) is 2.64. The van der Waals surface area contributed by atoms with Gasteiger partial charge >= 0.3 is 5.76 Å². The van der Waals surface area contributed by atoms with Gasteiger partial charge < -0.3 is 9.73 Å². The van der Waals surface area contributed by atoms with Crippen LogP contribution in [-0.4, -0.2) is 17.6 Å². The van der Waals surface area contributed by atoms with Gasteiger partial charge in [-0.2, -0.15) is 0 Å². The average molecular weight is 248 g/mol. The smallest absolute Gasteiger partial charge is 0.408 e. The summed E-state index contributed by atoms with van der Waals surface area (Å²) in [5.74, 6) is -0.386. The predicted octanol–water partition coefficient (Wildman–Crippen LogP) is 2.44. The van der Waals surface area contributed by atoms with Crippen LogP contribution in [-0.2, 0) is 6.42 Å². The fourth-order valence-electron chi connectivity index (χ4n) is 1.99. The average Bonchev–Trinajstić information content (AvgIpc) is 2.67. The van der Waals surface area contributed by atoms with Crippen molar-refractivity contribution in [1.29, 1.82) is 0 Å². The molecule has 1 heterocycles. The van der Waals surface area contributed by atoms with Gasteiger partial charge in [0, 0.05) is 6.04 Å². The van der Waals surface area contributed by atoms with Gasteiger partial charge in [-0.15, -0.1) is 0 Å². The summed E-state index contributed by atoms with van der Waals surface area (Å²) in [7, 11) is 0. The lowest BCUT2D eigenvalue weighted by molar-refractivity contribution is 0.553. The number of aromatic amines is 1. The van der Waals surface area contributed by atoms with E-state index in [0.717, 1.165) is 31.3 Å². The molecule has 2 aromatic rings. The number of hydrogen-bond donors (Lipinski definition) is 2. The molecule has 18 heavy (non-hydrogen) atoms. The number of aryl methyl sites for hydroxylation is 1. The highest BCUT2D eigenvalue weighted by atomic mass is 16.4. The Bertz CT molecular complexity index is 554. The number of hydrogen-bond acceptors (Lipinski definition) is 3. The summed E-state index contributed by atoms with van der Waals surface area (Å²) in [4.78, 5) is 13.7. The van der Waals surface area contributed by atoms with Crippen LogP contribution in [0.25, 0.3) is 11.1 Å². The normalized spacial score (nSPS) is 11.5. The molecule has 98 valence electrons. The molecule has 4 nitrogen and oxygen atoms in total. The fraction of sp³-hybridized carbons (Fsp3) is 0.500. The van der Waals surface area contributed by atoms with Crippen LogP contribution >= 0.6 is 0 Å². The van der Waals surface area contributed by atoms with Gasteiger partial charge in [0.2, 0.25) is 0 Å². The largest absolute Gasteiger partial charge is 0.417 e. The number of rotatable bonds is 6. The quantitative estimate of drug-likeness (QED) is 0.772. The number of H-pyrrole nitrogens is 1. The first-order valence-electron chi connectivity index (χ1n) is 6.50. The third kappa shape index (κ3) is 3.47. The minimum Gasteiger partial charge on any atom is -0.408 e. The first-order valence-corrected chi connectivity index (χ1v) is 6.50. The summed E-state index contributed by atoms with van der Waals surface area (Å²) in [6.45, 7) is 5.36. The van der Waals surface area contributed by atoms with Crippen molar-refractivity contribution < 1.29 is 4.42 Å². The topological polar surface area (TPSA) is 58.0 Å². The standard InChI is InChI=1S/C14H20N2O2/c1-10(2)15-8-4-3-5-11-6-7-12-13(9-11)18-14(17)16-12/h6-7,9-10,15H,3-5,8H2,1-2H3,(H,16,17). The van der Waals surface area contributed by atoms with E-state index in [9.17, 15) is 4.79 Å². The highest BCUT2D eigenvalue weighted by molar-refractivity contribution is 5.72. The number of benzene rings is 1. The van der Waals surface area contributed by atoms with Gasteiger partial charge in [-0.05, 0) is 43.5 Å². The van der Waals surface area contributed by atoms with E-state index in [1.54, 1.807) is 0 Å². The van der Waals surface area contributed by atoms with Crippen LogP contribution in [0.1, 0.15) is 32.3 Å². The van der Waals surface area contributed by atoms with Crippen molar-refractivity contribution in [2.75, 3.05) is 6.54 Å². The number of aromatic nitrogens is 1. The van der Waals surface area contributed by atoms with Crippen molar-refractivity contribution >= 4 is 11.1 Å². The molecule has 0 aliphatic carbocycles. The van der Waals surface area contributed by atoms with Crippen LogP contribution in [0, 0.1) is 0 Å². The zero-order valence-corrected chi connectivity index (χ0v) is 11.0. The van der Waals surface area contributed by atoms with Crippen molar-refractivity contribution in [2.45, 2.75) is 39.2 Å². The van der Waals surface area contributed by atoms with E-state index in [1.807, 2.05) is 18.2 Å². The third-order valence-electron chi connectivity index (χ3n) is 2.93. The van der Waals surface area contributed by atoms with Crippen LogP contribution in [0.4, 0.5) is 0 Å². The molecule has 0 saturated heterocycles. The van der Waals surface area contributed by atoms with Gasteiger partial charge in [-0.25, -0.2) is 4.79 Å². The van der Waals surface area contributed by atoms with Crippen LogP contribution in [0.3, 0.4) is 0 Å². The van der Waals surface area contributed by atoms with E-state index in [1.165, 1.54) is 5.56 Å². The van der Waals surface area contributed by atoms with Crippen molar-refractivity contribution in [3.05, 3.63) is 34.3 Å². The Morgan fingerprint density at radius 3 is 2.94 bits per heavy atom. The highest BCUT2D eigenvalue weighted by Crippen LogP contribution is 2.14. The van der Waals surface area contributed by atoms with Crippen molar-refractivity contribution in [3.8, 4) is 0 Å². The second-order valence-corrected chi connectivity index (χ2v) is 4.91. The molecule has 0 fully saturated rings. The summed E-state index contributed by atoms with van der Waals surface area (Å²) < 4.78 is 5.04. The van der Waals surface area contributed by atoms with E-state index < -0.39 is 0 Å². The molecule has 0 amide bonds. The van der Waals surface area contributed by atoms with E-state index in [2.05, 4.69) is 24.1 Å². The zero-order valence-electron chi connectivity index (χ0n) is 11.0. The minimum absolute atomic E-state index is 0.386. The SMILES string of the molecule is CC(C)NCCCCc1ccc2[nH]c(=O)oc2c1. The fourth-order valence-corrected chi connectivity index (χ4v) is 1.99. The number of fused-ring (bicyclic) bond motifs is 1. The molecule has 0 atom stereocenters. The minimum atomic E-state index is -0.386. The van der Waals surface area contributed by atoms with Gasteiger partial charge in [0.15, 0.2) is 5.58 Å². The van der Waals surface area contributed by atoms with Crippen LogP contribution < -0.4 is 11.1 Å². The van der Waals surface area contributed by atoms with E-state index in [4.69, 9.17) is 4.42 Å².